The number of hydrogen-bond donors (Lipinski definition) is 0. The lowest BCUT2D eigenvalue weighted by Crippen LogP contribution is -3.00. The van der Waals surface area contributed by atoms with Crippen molar-refractivity contribution >= 4 is 0 Å². The molecule has 7 aromatic carbocycles. The minimum Gasteiger partial charge on any atom is -1.00 e. The van der Waals surface area contributed by atoms with E-state index in [-0.39, 0.29) is 45.6 Å². The van der Waals surface area contributed by atoms with Crippen molar-refractivity contribution in [2.24, 2.45) is 0 Å². The first kappa shape index (κ1) is 65.1. The summed E-state index contributed by atoms with van der Waals surface area (Å²) in [4.78, 5) is 3.69. The summed E-state index contributed by atoms with van der Waals surface area (Å²) in [7, 11) is 1.78. The number of ether oxygens (including phenoxy) is 1. The van der Waals surface area contributed by atoms with Crippen molar-refractivity contribution in [3.8, 4) is 74.4 Å². The van der Waals surface area contributed by atoms with Gasteiger partial charge in [-0.2, -0.15) is 0 Å². The molecular formula is C74H92INO. The molecule has 0 bridgehead atoms. The van der Waals surface area contributed by atoms with Crippen LogP contribution >= 0.6 is 0 Å². The van der Waals surface area contributed by atoms with Gasteiger partial charge in [-0.25, -0.2) is 4.98 Å². The molecule has 0 aliphatic rings. The molecule has 1 heterocycles. The van der Waals surface area contributed by atoms with E-state index in [0.29, 0.717) is 0 Å². The molecule has 0 aliphatic carbocycles. The number of terminal acetylenes is 1. The minimum atomic E-state index is 0. The maximum atomic E-state index is 5.66. The van der Waals surface area contributed by atoms with Crippen LogP contribution in [0.1, 0.15) is 154 Å². The number of pyridine rings is 1. The Morgan fingerprint density at radius 2 is 0.870 bits per heavy atom. The molecule has 0 atom stereocenters. The summed E-state index contributed by atoms with van der Waals surface area (Å²) in [5, 5.41) is 0. The Labute approximate surface area is 485 Å². The van der Waals surface area contributed by atoms with E-state index in [1.807, 2.05) is 13.8 Å². The Bertz CT molecular complexity index is 3130. The normalized spacial score (nSPS) is 11.1. The number of aryl methyl sites for hydroxylation is 3. The highest BCUT2D eigenvalue weighted by atomic mass is 127. The Kier molecular flexibility index (Phi) is 24.0. The molecule has 2 nitrogen and oxygen atoms in total. The van der Waals surface area contributed by atoms with Crippen molar-refractivity contribution in [2.45, 2.75) is 160 Å². The predicted octanol–water partition coefficient (Wildman–Crippen LogP) is 17.5. The Morgan fingerprint density at radius 1 is 0.416 bits per heavy atom. The highest BCUT2D eigenvalue weighted by molar-refractivity contribution is 5.86. The van der Waals surface area contributed by atoms with E-state index in [9.17, 15) is 0 Å². The first-order chi connectivity index (χ1) is 35.8. The van der Waals surface area contributed by atoms with Crippen LogP contribution in [0.3, 0.4) is 0 Å². The fraction of sp³-hybridized carbons (Fsp3) is 0.338. The SMILES string of the molecule is C#C.CC.CCc1cc(C(C)(C)C)cc(C(C)(C)C)c1OC.Cc1ccc(C(C)(C)C)cc1-c1ccccc1.Cc1cccc(-c2cc(C(C)(C)C)cc(-c3cc(-c4ccccc4)c(-c4ccccc4)c[nH+]3)c2C)c1C.[I-]. The zero-order valence-electron chi connectivity index (χ0n) is 50.7. The monoisotopic (exact) mass is 1140 g/mol. The predicted molar refractivity (Wildman–Crippen MR) is 334 cm³/mol. The third-order valence-corrected chi connectivity index (χ3v) is 14.2. The maximum absolute atomic E-state index is 5.66. The van der Waals surface area contributed by atoms with Crippen molar-refractivity contribution < 1.29 is 33.7 Å². The number of nitrogens with one attached hydrogen (secondary N) is 1. The number of aromatic nitrogens is 1. The zero-order chi connectivity index (χ0) is 56.8. The van der Waals surface area contributed by atoms with Gasteiger partial charge in [-0.1, -0.05) is 249 Å². The van der Waals surface area contributed by atoms with Crippen LogP contribution in [-0.4, -0.2) is 7.11 Å². The van der Waals surface area contributed by atoms with Crippen LogP contribution in [0.2, 0.25) is 0 Å². The van der Waals surface area contributed by atoms with Gasteiger partial charge < -0.3 is 28.7 Å². The van der Waals surface area contributed by atoms with E-state index in [2.05, 4.69) is 299 Å². The minimum absolute atomic E-state index is 0. The highest BCUT2D eigenvalue weighted by Gasteiger charge is 2.26. The molecule has 0 saturated carbocycles. The summed E-state index contributed by atoms with van der Waals surface area (Å²) in [6.45, 7) is 42.3. The number of H-pyrrole nitrogens is 1. The molecule has 0 amide bonds. The van der Waals surface area contributed by atoms with Crippen LogP contribution in [0.15, 0.2) is 164 Å². The van der Waals surface area contributed by atoms with Gasteiger partial charge in [-0.15, -0.1) is 12.8 Å². The van der Waals surface area contributed by atoms with Crippen LogP contribution in [0, 0.1) is 40.5 Å². The summed E-state index contributed by atoms with van der Waals surface area (Å²) in [6.07, 6.45) is 11.2. The third kappa shape index (κ3) is 16.9. The number of aromatic amines is 1. The van der Waals surface area contributed by atoms with Gasteiger partial charge in [0, 0.05) is 22.8 Å². The number of rotatable bonds is 7. The van der Waals surface area contributed by atoms with Crippen LogP contribution < -0.4 is 33.7 Å². The average molecular weight is 1140 g/mol. The molecule has 0 saturated heterocycles. The van der Waals surface area contributed by atoms with Crippen LogP contribution in [0.5, 0.6) is 5.75 Å². The summed E-state index contributed by atoms with van der Waals surface area (Å²) in [5.74, 6) is 1.07. The van der Waals surface area contributed by atoms with E-state index in [1.54, 1.807) is 7.11 Å². The third-order valence-electron chi connectivity index (χ3n) is 14.2. The second-order valence-electron chi connectivity index (χ2n) is 23.8. The Hall–Kier alpha value is -6.22. The standard InChI is InChI=1S/C36H35N.C17H28O.C17H20.C2H6.C2H2.HI/c1-24-14-13-19-30(25(24)2)31-20-29(36(4,5)6)21-32(26(31)3)35-22-33(27-15-9-7-10-16-27)34(23-37-35)28-17-11-8-12-18-28;1-9-12-10-13(16(2,3)4)11-14(15(12)18-8)17(5,6)7;1-13-10-11-15(17(2,3)4)12-16(13)14-8-6-5-7-9-14;2*1-2;/h7-23H,1-6H3;10-11H,9H2,1-8H3;5-12H,1-4H3;1-2H3;1-2H;1H. The molecule has 0 aliphatic heterocycles. The molecule has 0 radical (unpaired) electrons. The van der Waals surface area contributed by atoms with Gasteiger partial charge in [-0.3, -0.25) is 0 Å². The lowest BCUT2D eigenvalue weighted by Gasteiger charge is -2.28. The Balaban J connectivity index is 0.000000327. The van der Waals surface area contributed by atoms with Gasteiger partial charge in [0.2, 0.25) is 5.69 Å². The molecule has 0 unspecified atom stereocenters. The lowest BCUT2D eigenvalue weighted by atomic mass is 9.78. The van der Waals surface area contributed by atoms with Crippen LogP contribution in [-0.2, 0) is 28.1 Å². The lowest BCUT2D eigenvalue weighted by molar-refractivity contribution is -0.363. The van der Waals surface area contributed by atoms with Gasteiger partial charge in [0.1, 0.15) is 5.75 Å². The van der Waals surface area contributed by atoms with Crippen LogP contribution in [0.4, 0.5) is 0 Å². The summed E-state index contributed by atoms with van der Waals surface area (Å²) in [6, 6.07) is 57.1. The number of hydrogen-bond acceptors (Lipinski definition) is 1. The molecule has 77 heavy (non-hydrogen) atoms. The molecule has 8 rings (SSSR count). The van der Waals surface area contributed by atoms with Crippen molar-refractivity contribution in [3.05, 3.63) is 214 Å². The molecule has 8 aromatic rings. The van der Waals surface area contributed by atoms with Crippen molar-refractivity contribution in [2.75, 3.05) is 7.11 Å². The van der Waals surface area contributed by atoms with Gasteiger partial charge in [0.05, 0.1) is 12.7 Å². The van der Waals surface area contributed by atoms with Gasteiger partial charge >= 0.3 is 0 Å². The number of halogens is 1. The Morgan fingerprint density at radius 3 is 1.34 bits per heavy atom. The van der Waals surface area contributed by atoms with E-state index >= 15 is 0 Å². The first-order valence-electron chi connectivity index (χ1n) is 27.4. The first-order valence-corrected chi connectivity index (χ1v) is 27.4. The molecule has 0 fully saturated rings. The molecule has 1 N–H and O–H groups in total. The fourth-order valence-electron chi connectivity index (χ4n) is 9.31. The molecule has 3 heteroatoms. The average Bonchev–Trinajstić information content (AvgIpc) is 3.40. The summed E-state index contributed by atoms with van der Waals surface area (Å²) >= 11 is 0. The number of benzene rings is 7. The highest BCUT2D eigenvalue weighted by Crippen LogP contribution is 2.41. The van der Waals surface area contributed by atoms with Crippen molar-refractivity contribution in [1.29, 1.82) is 0 Å². The second-order valence-corrected chi connectivity index (χ2v) is 23.8. The smallest absolute Gasteiger partial charge is 0.211 e. The maximum Gasteiger partial charge on any atom is 0.211 e. The molecule has 0 spiro atoms. The molecular weight excluding hydrogens is 1050 g/mol. The second kappa shape index (κ2) is 28.4. The summed E-state index contributed by atoms with van der Waals surface area (Å²) < 4.78 is 5.66. The number of methoxy groups -OCH3 is 1. The van der Waals surface area contributed by atoms with Crippen LogP contribution in [0.25, 0.3) is 55.8 Å². The van der Waals surface area contributed by atoms with Crippen molar-refractivity contribution in [1.82, 2.24) is 0 Å². The largest absolute Gasteiger partial charge is 1.00 e. The topological polar surface area (TPSA) is 23.4 Å². The van der Waals surface area contributed by atoms with Gasteiger partial charge in [0.15, 0.2) is 6.20 Å². The van der Waals surface area contributed by atoms with E-state index in [4.69, 9.17) is 4.74 Å². The summed E-state index contributed by atoms with van der Waals surface area (Å²) in [5.41, 5.74) is 25.1. The fourth-order valence-corrected chi connectivity index (χ4v) is 9.31. The quantitative estimate of drug-likeness (QED) is 0.115. The van der Waals surface area contributed by atoms with E-state index in [1.165, 1.54) is 100 Å². The van der Waals surface area contributed by atoms with E-state index < -0.39 is 0 Å². The van der Waals surface area contributed by atoms with E-state index in [0.717, 1.165) is 17.9 Å². The van der Waals surface area contributed by atoms with Crippen molar-refractivity contribution in [3.63, 3.8) is 0 Å². The van der Waals surface area contributed by atoms with Gasteiger partial charge in [0.25, 0.3) is 0 Å². The molecule has 406 valence electrons. The van der Waals surface area contributed by atoms with Gasteiger partial charge in [-0.05, 0) is 140 Å². The molecule has 1 aromatic heterocycles. The zero-order valence-corrected chi connectivity index (χ0v) is 52.9.